The van der Waals surface area contributed by atoms with Crippen molar-refractivity contribution in [2.45, 2.75) is 5.33 Å². The number of aromatic nitrogens is 2. The zero-order valence-corrected chi connectivity index (χ0v) is 7.18. The van der Waals surface area contributed by atoms with Crippen molar-refractivity contribution >= 4 is 27.7 Å². The highest BCUT2D eigenvalue weighted by Crippen LogP contribution is 2.06. The highest BCUT2D eigenvalue weighted by molar-refractivity contribution is 9.08. The highest BCUT2D eigenvalue weighted by Gasteiger charge is 2.04. The van der Waals surface area contributed by atoms with Crippen LogP contribution >= 0.6 is 15.9 Å². The van der Waals surface area contributed by atoms with E-state index in [1.807, 2.05) is 0 Å². The molecule has 0 fully saturated rings. The van der Waals surface area contributed by atoms with Gasteiger partial charge in [0, 0.05) is 5.33 Å². The average molecular weight is 219 g/mol. The minimum absolute atomic E-state index is 0.0391. The molecule has 6 heteroatoms. The lowest BCUT2D eigenvalue weighted by molar-refractivity contribution is 1.10. The molecule has 0 aliphatic carbocycles. The van der Waals surface area contributed by atoms with Gasteiger partial charge in [-0.15, -0.1) is 0 Å². The molecule has 0 atom stereocenters. The number of anilines is 2. The zero-order valence-electron chi connectivity index (χ0n) is 5.60. The Kier molecular flexibility index (Phi) is 2.13. The Morgan fingerprint density at radius 2 is 2.18 bits per heavy atom. The van der Waals surface area contributed by atoms with E-state index in [2.05, 4.69) is 25.9 Å². The Bertz CT molecular complexity index is 321. The maximum absolute atomic E-state index is 11.0. The maximum atomic E-state index is 11.0. The molecule has 0 spiro atoms. The SMILES string of the molecule is Nc1nc(N)c(CBr)c(=O)[nH]1. The van der Waals surface area contributed by atoms with E-state index >= 15 is 0 Å². The first kappa shape index (κ1) is 8.06. The van der Waals surface area contributed by atoms with Gasteiger partial charge in [0.1, 0.15) is 5.82 Å². The summed E-state index contributed by atoms with van der Waals surface area (Å²) >= 11 is 3.10. The lowest BCUT2D eigenvalue weighted by atomic mass is 10.3. The molecule has 0 aliphatic heterocycles. The third-order valence-corrected chi connectivity index (χ3v) is 1.76. The first-order chi connectivity index (χ1) is 5.15. The number of rotatable bonds is 1. The Hall–Kier alpha value is -1.04. The molecule has 1 heterocycles. The molecule has 0 aliphatic rings. The van der Waals surface area contributed by atoms with Crippen molar-refractivity contribution in [2.75, 3.05) is 11.5 Å². The Morgan fingerprint density at radius 1 is 1.55 bits per heavy atom. The van der Waals surface area contributed by atoms with Crippen molar-refractivity contribution in [2.24, 2.45) is 0 Å². The van der Waals surface area contributed by atoms with E-state index in [1.54, 1.807) is 0 Å². The number of halogens is 1. The van der Waals surface area contributed by atoms with Crippen LogP contribution in [0.1, 0.15) is 5.56 Å². The number of nitrogens with one attached hydrogen (secondary N) is 1. The van der Waals surface area contributed by atoms with E-state index in [-0.39, 0.29) is 17.3 Å². The maximum Gasteiger partial charge on any atom is 0.258 e. The van der Waals surface area contributed by atoms with Crippen LogP contribution in [0.25, 0.3) is 0 Å². The average Bonchev–Trinajstić information content (AvgIpc) is 1.85. The van der Waals surface area contributed by atoms with Crippen LogP contribution in [0.4, 0.5) is 11.8 Å². The summed E-state index contributed by atoms with van der Waals surface area (Å²) in [5.74, 6) is 0.209. The first-order valence-corrected chi connectivity index (χ1v) is 3.97. The lowest BCUT2D eigenvalue weighted by Crippen LogP contribution is -2.17. The third kappa shape index (κ3) is 1.51. The van der Waals surface area contributed by atoms with Crippen LogP contribution in [-0.2, 0) is 5.33 Å². The van der Waals surface area contributed by atoms with Crippen molar-refractivity contribution in [3.8, 4) is 0 Å². The number of H-pyrrole nitrogens is 1. The van der Waals surface area contributed by atoms with Crippen LogP contribution in [0.3, 0.4) is 0 Å². The number of alkyl halides is 1. The van der Waals surface area contributed by atoms with E-state index in [9.17, 15) is 4.79 Å². The summed E-state index contributed by atoms with van der Waals surface area (Å²) in [6.07, 6.45) is 0. The number of hydrogen-bond acceptors (Lipinski definition) is 4. The molecule has 0 amide bonds. The molecular formula is C5H7BrN4O. The first-order valence-electron chi connectivity index (χ1n) is 2.85. The fraction of sp³-hybridized carbons (Fsp3) is 0.200. The third-order valence-electron chi connectivity index (χ3n) is 1.20. The second-order valence-corrected chi connectivity index (χ2v) is 2.51. The number of nitrogens with two attached hydrogens (primary N) is 2. The Morgan fingerprint density at radius 3 is 2.64 bits per heavy atom. The van der Waals surface area contributed by atoms with Gasteiger partial charge in [0.05, 0.1) is 5.56 Å². The van der Waals surface area contributed by atoms with Gasteiger partial charge >= 0.3 is 0 Å². The number of nitrogens with zero attached hydrogens (tertiary/aromatic N) is 1. The summed E-state index contributed by atoms with van der Waals surface area (Å²) in [6, 6.07) is 0. The summed E-state index contributed by atoms with van der Waals surface area (Å²) in [5.41, 5.74) is 10.7. The Balaban J connectivity index is 3.37. The largest absolute Gasteiger partial charge is 0.383 e. The molecule has 5 nitrogen and oxygen atoms in total. The summed E-state index contributed by atoms with van der Waals surface area (Å²) < 4.78 is 0. The van der Waals surface area contributed by atoms with Gasteiger partial charge < -0.3 is 11.5 Å². The predicted octanol–water partition coefficient (Wildman–Crippen LogP) is -0.171. The summed E-state index contributed by atoms with van der Waals surface area (Å²) in [6.45, 7) is 0. The van der Waals surface area contributed by atoms with Gasteiger partial charge in [0.25, 0.3) is 5.56 Å². The van der Waals surface area contributed by atoms with Crippen LogP contribution in [0.2, 0.25) is 0 Å². The van der Waals surface area contributed by atoms with Gasteiger partial charge in [-0.2, -0.15) is 4.98 Å². The van der Waals surface area contributed by atoms with Crippen LogP contribution in [0.15, 0.2) is 4.79 Å². The lowest BCUT2D eigenvalue weighted by Gasteiger charge is -1.99. The van der Waals surface area contributed by atoms with Crippen molar-refractivity contribution in [3.05, 3.63) is 15.9 Å². The van der Waals surface area contributed by atoms with Gasteiger partial charge in [-0.05, 0) is 0 Å². The summed E-state index contributed by atoms with van der Waals surface area (Å²) in [7, 11) is 0. The predicted molar refractivity (Wildman–Crippen MR) is 46.3 cm³/mol. The molecule has 0 bridgehead atoms. The molecule has 5 N–H and O–H groups in total. The van der Waals surface area contributed by atoms with Crippen molar-refractivity contribution in [3.63, 3.8) is 0 Å². The molecular weight excluding hydrogens is 212 g/mol. The van der Waals surface area contributed by atoms with E-state index < -0.39 is 0 Å². The second-order valence-electron chi connectivity index (χ2n) is 1.95. The van der Waals surface area contributed by atoms with E-state index in [4.69, 9.17) is 11.5 Å². The van der Waals surface area contributed by atoms with Gasteiger partial charge in [-0.3, -0.25) is 9.78 Å². The van der Waals surface area contributed by atoms with Crippen LogP contribution in [0, 0.1) is 0 Å². The second kappa shape index (κ2) is 2.91. The van der Waals surface area contributed by atoms with E-state index in [1.165, 1.54) is 0 Å². The monoisotopic (exact) mass is 218 g/mol. The fourth-order valence-corrected chi connectivity index (χ4v) is 1.20. The molecule has 1 aromatic rings. The molecule has 1 aromatic heterocycles. The van der Waals surface area contributed by atoms with Crippen molar-refractivity contribution in [1.82, 2.24) is 9.97 Å². The van der Waals surface area contributed by atoms with Gasteiger partial charge in [0.2, 0.25) is 5.95 Å². The standard InChI is InChI=1S/C5H7BrN4O/c6-1-2-3(7)9-5(8)10-4(2)11/h1H2,(H5,7,8,9,10,11). The van der Waals surface area contributed by atoms with Crippen molar-refractivity contribution < 1.29 is 0 Å². The van der Waals surface area contributed by atoms with E-state index in [0.717, 1.165) is 0 Å². The number of hydrogen-bond donors (Lipinski definition) is 3. The molecule has 60 valence electrons. The minimum atomic E-state index is -0.299. The Labute approximate surface area is 70.9 Å². The molecule has 0 radical (unpaired) electrons. The van der Waals surface area contributed by atoms with Gasteiger partial charge in [-0.1, -0.05) is 15.9 Å². The van der Waals surface area contributed by atoms with Crippen LogP contribution in [0.5, 0.6) is 0 Å². The minimum Gasteiger partial charge on any atom is -0.383 e. The molecule has 0 saturated carbocycles. The number of aromatic amines is 1. The van der Waals surface area contributed by atoms with Crippen LogP contribution < -0.4 is 17.0 Å². The van der Waals surface area contributed by atoms with Crippen molar-refractivity contribution in [1.29, 1.82) is 0 Å². The van der Waals surface area contributed by atoms with Crippen LogP contribution in [-0.4, -0.2) is 9.97 Å². The normalized spacial score (nSPS) is 9.91. The highest BCUT2D eigenvalue weighted by atomic mass is 79.9. The summed E-state index contributed by atoms with van der Waals surface area (Å²) in [5, 5.41) is 0.376. The zero-order chi connectivity index (χ0) is 8.43. The summed E-state index contributed by atoms with van der Waals surface area (Å²) in [4.78, 5) is 17.0. The quantitative estimate of drug-likeness (QED) is 0.571. The van der Waals surface area contributed by atoms with Gasteiger partial charge in [-0.25, -0.2) is 0 Å². The smallest absolute Gasteiger partial charge is 0.258 e. The molecule has 0 aromatic carbocycles. The molecule has 0 unspecified atom stereocenters. The molecule has 1 rings (SSSR count). The van der Waals surface area contributed by atoms with E-state index in [0.29, 0.717) is 10.9 Å². The molecule has 0 saturated heterocycles. The topological polar surface area (TPSA) is 97.8 Å². The fourth-order valence-electron chi connectivity index (χ4n) is 0.662. The molecule has 11 heavy (non-hydrogen) atoms. The van der Waals surface area contributed by atoms with Gasteiger partial charge in [0.15, 0.2) is 0 Å². The number of nitrogen functional groups attached to an aromatic ring is 2.